The molecule has 136 valence electrons. The van der Waals surface area contributed by atoms with Crippen molar-refractivity contribution < 1.29 is 18.7 Å². The molecule has 1 unspecified atom stereocenters. The SMILES string of the molecule is CCOc1c(F)cccc1C(=O)N1CCCC(N2CCNCC2=O)C1. The van der Waals surface area contributed by atoms with E-state index in [9.17, 15) is 14.0 Å². The summed E-state index contributed by atoms with van der Waals surface area (Å²) in [6.45, 7) is 4.92. The Balaban J connectivity index is 1.76. The standard InChI is InChI=1S/C18H24FN3O3/c1-2-25-17-14(6-3-7-15(17)19)18(24)21-9-4-5-13(12-21)22-10-8-20-11-16(22)23/h3,6-7,13,20H,2,4-5,8-12H2,1H3. The summed E-state index contributed by atoms with van der Waals surface area (Å²) in [5.41, 5.74) is 0.245. The van der Waals surface area contributed by atoms with Crippen LogP contribution >= 0.6 is 0 Å². The first-order chi connectivity index (χ1) is 12.1. The number of piperazine rings is 1. The lowest BCUT2D eigenvalue weighted by Crippen LogP contribution is -2.57. The van der Waals surface area contributed by atoms with E-state index in [-0.39, 0.29) is 29.2 Å². The van der Waals surface area contributed by atoms with E-state index in [0.29, 0.717) is 32.8 Å². The van der Waals surface area contributed by atoms with Crippen LogP contribution in [0.3, 0.4) is 0 Å². The van der Waals surface area contributed by atoms with Gasteiger partial charge in [0.05, 0.1) is 18.7 Å². The van der Waals surface area contributed by atoms with Crippen LogP contribution in [-0.4, -0.2) is 67.0 Å². The number of piperidine rings is 1. The van der Waals surface area contributed by atoms with Crippen LogP contribution in [0, 0.1) is 5.82 Å². The van der Waals surface area contributed by atoms with Crippen molar-refractivity contribution in [2.75, 3.05) is 39.3 Å². The van der Waals surface area contributed by atoms with Crippen LogP contribution in [0.2, 0.25) is 0 Å². The van der Waals surface area contributed by atoms with Crippen LogP contribution < -0.4 is 10.1 Å². The van der Waals surface area contributed by atoms with Crippen molar-refractivity contribution in [2.24, 2.45) is 0 Å². The predicted octanol–water partition coefficient (Wildman–Crippen LogP) is 1.26. The number of halogens is 1. The van der Waals surface area contributed by atoms with Crippen molar-refractivity contribution in [3.8, 4) is 5.75 Å². The topological polar surface area (TPSA) is 61.9 Å². The number of amides is 2. The van der Waals surface area contributed by atoms with Crippen LogP contribution in [0.4, 0.5) is 4.39 Å². The molecule has 0 radical (unpaired) electrons. The first-order valence-corrected chi connectivity index (χ1v) is 8.82. The summed E-state index contributed by atoms with van der Waals surface area (Å²) in [5, 5.41) is 3.06. The molecule has 6 nitrogen and oxygen atoms in total. The van der Waals surface area contributed by atoms with E-state index in [4.69, 9.17) is 4.74 Å². The molecule has 25 heavy (non-hydrogen) atoms. The van der Waals surface area contributed by atoms with Gasteiger partial charge in [-0.15, -0.1) is 0 Å². The first kappa shape index (κ1) is 17.7. The third-order valence-corrected chi connectivity index (χ3v) is 4.74. The Labute approximate surface area is 146 Å². The number of hydrogen-bond donors (Lipinski definition) is 1. The molecule has 2 aliphatic rings. The molecule has 2 aliphatic heterocycles. The summed E-state index contributed by atoms with van der Waals surface area (Å²) in [6, 6.07) is 4.43. The normalized spacial score (nSPS) is 21.4. The van der Waals surface area contributed by atoms with E-state index >= 15 is 0 Å². The Morgan fingerprint density at radius 3 is 3.00 bits per heavy atom. The van der Waals surface area contributed by atoms with Crippen molar-refractivity contribution in [3.05, 3.63) is 29.6 Å². The molecule has 0 aliphatic carbocycles. The van der Waals surface area contributed by atoms with Gasteiger partial charge >= 0.3 is 0 Å². The van der Waals surface area contributed by atoms with E-state index < -0.39 is 5.82 Å². The molecule has 1 atom stereocenters. The Hall–Kier alpha value is -2.15. The molecule has 1 aromatic rings. The molecule has 0 bridgehead atoms. The number of likely N-dealkylation sites (tertiary alicyclic amines) is 1. The highest BCUT2D eigenvalue weighted by atomic mass is 19.1. The van der Waals surface area contributed by atoms with E-state index in [1.54, 1.807) is 17.9 Å². The van der Waals surface area contributed by atoms with Gasteiger partial charge in [0.15, 0.2) is 11.6 Å². The van der Waals surface area contributed by atoms with Gasteiger partial charge in [-0.05, 0) is 31.9 Å². The van der Waals surface area contributed by atoms with Crippen LogP contribution in [0.25, 0.3) is 0 Å². The van der Waals surface area contributed by atoms with Gasteiger partial charge < -0.3 is 19.9 Å². The Bertz CT molecular complexity index is 652. The maximum absolute atomic E-state index is 14.0. The van der Waals surface area contributed by atoms with Crippen LogP contribution in [0.15, 0.2) is 18.2 Å². The van der Waals surface area contributed by atoms with Crippen molar-refractivity contribution in [1.29, 1.82) is 0 Å². The van der Waals surface area contributed by atoms with Crippen molar-refractivity contribution in [2.45, 2.75) is 25.8 Å². The van der Waals surface area contributed by atoms with E-state index in [1.807, 2.05) is 4.90 Å². The summed E-state index contributed by atoms with van der Waals surface area (Å²) in [6.07, 6.45) is 1.71. The van der Waals surface area contributed by atoms with E-state index in [2.05, 4.69) is 5.32 Å². The van der Waals surface area contributed by atoms with E-state index in [0.717, 1.165) is 19.4 Å². The number of rotatable bonds is 4. The highest BCUT2D eigenvalue weighted by Gasteiger charge is 2.33. The summed E-state index contributed by atoms with van der Waals surface area (Å²) >= 11 is 0. The fourth-order valence-electron chi connectivity index (χ4n) is 3.54. The number of hydrogen-bond acceptors (Lipinski definition) is 4. The molecular formula is C18H24FN3O3. The zero-order chi connectivity index (χ0) is 17.8. The number of benzene rings is 1. The molecule has 3 rings (SSSR count). The maximum atomic E-state index is 14.0. The molecule has 2 heterocycles. The number of para-hydroxylation sites is 1. The molecule has 7 heteroatoms. The minimum Gasteiger partial charge on any atom is -0.490 e. The summed E-state index contributed by atoms with van der Waals surface area (Å²) in [5.74, 6) is -0.685. The summed E-state index contributed by atoms with van der Waals surface area (Å²) < 4.78 is 19.4. The average Bonchev–Trinajstić information content (AvgIpc) is 2.63. The van der Waals surface area contributed by atoms with Gasteiger partial charge in [-0.3, -0.25) is 9.59 Å². The lowest BCUT2D eigenvalue weighted by atomic mass is 10.0. The Morgan fingerprint density at radius 1 is 1.40 bits per heavy atom. The van der Waals surface area contributed by atoms with Crippen molar-refractivity contribution >= 4 is 11.8 Å². The Morgan fingerprint density at radius 2 is 2.24 bits per heavy atom. The largest absolute Gasteiger partial charge is 0.490 e. The van der Waals surface area contributed by atoms with Gasteiger partial charge in [-0.2, -0.15) is 0 Å². The lowest BCUT2D eigenvalue weighted by Gasteiger charge is -2.41. The highest BCUT2D eigenvalue weighted by molar-refractivity contribution is 5.97. The smallest absolute Gasteiger partial charge is 0.257 e. The minimum atomic E-state index is -0.529. The molecule has 0 saturated carbocycles. The van der Waals surface area contributed by atoms with Gasteiger partial charge in [0.25, 0.3) is 5.91 Å². The first-order valence-electron chi connectivity index (χ1n) is 8.82. The maximum Gasteiger partial charge on any atom is 0.257 e. The molecule has 0 aromatic heterocycles. The fourth-order valence-corrected chi connectivity index (χ4v) is 3.54. The highest BCUT2D eigenvalue weighted by Crippen LogP contribution is 2.26. The lowest BCUT2D eigenvalue weighted by molar-refractivity contribution is -0.135. The number of carbonyl (C=O) groups excluding carboxylic acids is 2. The molecule has 1 N–H and O–H groups in total. The van der Waals surface area contributed by atoms with Crippen LogP contribution in [0.5, 0.6) is 5.75 Å². The van der Waals surface area contributed by atoms with Crippen molar-refractivity contribution in [1.82, 2.24) is 15.1 Å². The van der Waals surface area contributed by atoms with Gasteiger partial charge in [0, 0.05) is 32.2 Å². The molecule has 2 amide bonds. The van der Waals surface area contributed by atoms with Crippen LogP contribution in [-0.2, 0) is 4.79 Å². The zero-order valence-corrected chi connectivity index (χ0v) is 14.5. The minimum absolute atomic E-state index is 0.00960. The third-order valence-electron chi connectivity index (χ3n) is 4.74. The average molecular weight is 349 g/mol. The van der Waals surface area contributed by atoms with Crippen molar-refractivity contribution in [3.63, 3.8) is 0 Å². The second-order valence-electron chi connectivity index (χ2n) is 6.36. The monoisotopic (exact) mass is 349 g/mol. The number of nitrogens with zero attached hydrogens (tertiary/aromatic N) is 2. The molecule has 1 aromatic carbocycles. The van der Waals surface area contributed by atoms with Gasteiger partial charge in [0.1, 0.15) is 0 Å². The fraction of sp³-hybridized carbons (Fsp3) is 0.556. The number of carbonyl (C=O) groups is 2. The molecule has 2 saturated heterocycles. The predicted molar refractivity (Wildman–Crippen MR) is 91.1 cm³/mol. The Kier molecular flexibility index (Phi) is 5.53. The molecule has 2 fully saturated rings. The molecule has 0 spiro atoms. The van der Waals surface area contributed by atoms with E-state index in [1.165, 1.54) is 12.1 Å². The summed E-state index contributed by atoms with van der Waals surface area (Å²) in [4.78, 5) is 28.6. The van der Waals surface area contributed by atoms with Gasteiger partial charge in [0.2, 0.25) is 5.91 Å². The second-order valence-corrected chi connectivity index (χ2v) is 6.36. The quantitative estimate of drug-likeness (QED) is 0.889. The summed E-state index contributed by atoms with van der Waals surface area (Å²) in [7, 11) is 0. The zero-order valence-electron chi connectivity index (χ0n) is 14.5. The third kappa shape index (κ3) is 3.76. The second kappa shape index (κ2) is 7.82. The van der Waals surface area contributed by atoms with Gasteiger partial charge in [-0.25, -0.2) is 4.39 Å². The number of ether oxygens (including phenoxy) is 1. The van der Waals surface area contributed by atoms with Gasteiger partial charge in [-0.1, -0.05) is 6.07 Å². The van der Waals surface area contributed by atoms with Crippen LogP contribution in [0.1, 0.15) is 30.1 Å². The molecular weight excluding hydrogens is 325 g/mol. The number of nitrogens with one attached hydrogen (secondary N) is 1.